The molecule has 0 unspecified atom stereocenters. The van der Waals surface area contributed by atoms with Gasteiger partial charge in [0.15, 0.2) is 12.4 Å². The Bertz CT molecular complexity index is 1060. The van der Waals surface area contributed by atoms with Crippen LogP contribution in [-0.4, -0.2) is 16.0 Å². The first-order chi connectivity index (χ1) is 13.7. The van der Waals surface area contributed by atoms with Crippen LogP contribution in [0, 0.1) is 0 Å². The molecule has 0 saturated carbocycles. The SMILES string of the molecule is O=C(Nc1ccc(-c2noc(COc3ccc(Br)cc3)n2)cc1)c1ccco1. The molecule has 0 fully saturated rings. The molecule has 140 valence electrons. The second-order valence-corrected chi connectivity index (χ2v) is 6.68. The van der Waals surface area contributed by atoms with Gasteiger partial charge in [-0.05, 0) is 60.7 Å². The Hall–Kier alpha value is -3.39. The normalized spacial score (nSPS) is 10.6. The Morgan fingerprint density at radius 3 is 2.57 bits per heavy atom. The van der Waals surface area contributed by atoms with E-state index >= 15 is 0 Å². The molecular weight excluding hydrogens is 426 g/mol. The maximum absolute atomic E-state index is 12.0. The van der Waals surface area contributed by atoms with Crippen molar-refractivity contribution in [1.82, 2.24) is 10.1 Å². The van der Waals surface area contributed by atoms with E-state index in [-0.39, 0.29) is 18.3 Å². The number of halogens is 1. The van der Waals surface area contributed by atoms with Crippen molar-refractivity contribution in [2.75, 3.05) is 5.32 Å². The van der Waals surface area contributed by atoms with Gasteiger partial charge in [0.1, 0.15) is 5.75 Å². The number of benzene rings is 2. The van der Waals surface area contributed by atoms with Gasteiger partial charge in [0.05, 0.1) is 6.26 Å². The Labute approximate surface area is 168 Å². The molecule has 28 heavy (non-hydrogen) atoms. The number of rotatable bonds is 6. The average Bonchev–Trinajstić information content (AvgIpc) is 3.40. The molecule has 2 heterocycles. The maximum atomic E-state index is 12.0. The van der Waals surface area contributed by atoms with Crippen molar-refractivity contribution in [2.45, 2.75) is 6.61 Å². The van der Waals surface area contributed by atoms with Gasteiger partial charge in [-0.1, -0.05) is 21.1 Å². The van der Waals surface area contributed by atoms with Gasteiger partial charge >= 0.3 is 0 Å². The van der Waals surface area contributed by atoms with Crippen LogP contribution in [-0.2, 0) is 6.61 Å². The number of nitrogens with one attached hydrogen (secondary N) is 1. The molecule has 2 aromatic heterocycles. The van der Waals surface area contributed by atoms with E-state index in [0.29, 0.717) is 23.2 Å². The van der Waals surface area contributed by atoms with Crippen molar-refractivity contribution in [1.29, 1.82) is 0 Å². The fraction of sp³-hybridized carbons (Fsp3) is 0.0500. The van der Waals surface area contributed by atoms with Crippen LogP contribution in [0.25, 0.3) is 11.4 Å². The number of carbonyl (C=O) groups is 1. The molecule has 0 aliphatic heterocycles. The summed E-state index contributed by atoms with van der Waals surface area (Å²) >= 11 is 3.37. The lowest BCUT2D eigenvalue weighted by Crippen LogP contribution is -2.10. The summed E-state index contributed by atoms with van der Waals surface area (Å²) < 4.78 is 16.9. The van der Waals surface area contributed by atoms with Crippen LogP contribution >= 0.6 is 15.9 Å². The number of anilines is 1. The second kappa shape index (κ2) is 8.10. The molecule has 8 heteroatoms. The zero-order valence-electron chi connectivity index (χ0n) is 14.5. The highest BCUT2D eigenvalue weighted by Crippen LogP contribution is 2.21. The monoisotopic (exact) mass is 439 g/mol. The summed E-state index contributed by atoms with van der Waals surface area (Å²) in [4.78, 5) is 16.3. The molecule has 4 rings (SSSR count). The van der Waals surface area contributed by atoms with Crippen LogP contribution < -0.4 is 10.1 Å². The van der Waals surface area contributed by atoms with E-state index < -0.39 is 0 Å². The summed E-state index contributed by atoms with van der Waals surface area (Å²) in [7, 11) is 0. The predicted octanol–water partition coefficient (Wildman–Crippen LogP) is 4.92. The fourth-order valence-corrected chi connectivity index (χ4v) is 2.67. The van der Waals surface area contributed by atoms with Gasteiger partial charge in [-0.2, -0.15) is 4.98 Å². The largest absolute Gasteiger partial charge is 0.484 e. The molecule has 0 saturated heterocycles. The number of furan rings is 1. The molecule has 4 aromatic rings. The molecule has 0 atom stereocenters. The van der Waals surface area contributed by atoms with Gasteiger partial charge in [0.25, 0.3) is 11.8 Å². The lowest BCUT2D eigenvalue weighted by Gasteiger charge is -2.03. The standard InChI is InChI=1S/C20H14BrN3O4/c21-14-5-9-16(10-6-14)27-12-18-23-19(24-28-18)13-3-7-15(8-4-13)22-20(25)17-2-1-11-26-17/h1-11H,12H2,(H,22,25). The number of nitrogens with zero attached hydrogens (tertiary/aromatic N) is 2. The van der Waals surface area contributed by atoms with Gasteiger partial charge in [0, 0.05) is 15.7 Å². The van der Waals surface area contributed by atoms with Crippen molar-refractivity contribution in [3.63, 3.8) is 0 Å². The van der Waals surface area contributed by atoms with Crippen molar-refractivity contribution >= 4 is 27.5 Å². The minimum atomic E-state index is -0.315. The molecule has 0 aliphatic carbocycles. The van der Waals surface area contributed by atoms with Gasteiger partial charge in [-0.15, -0.1) is 0 Å². The predicted molar refractivity (Wildman–Crippen MR) is 105 cm³/mol. The van der Waals surface area contributed by atoms with Gasteiger partial charge < -0.3 is 19.0 Å². The summed E-state index contributed by atoms with van der Waals surface area (Å²) in [5, 5.41) is 6.72. The smallest absolute Gasteiger partial charge is 0.291 e. The molecule has 0 aliphatic rings. The van der Waals surface area contributed by atoms with E-state index in [9.17, 15) is 4.79 Å². The topological polar surface area (TPSA) is 90.4 Å². The van der Waals surface area contributed by atoms with E-state index in [1.54, 1.807) is 36.4 Å². The Balaban J connectivity index is 1.38. The summed E-state index contributed by atoms with van der Waals surface area (Å²) in [6.45, 7) is 0.173. The van der Waals surface area contributed by atoms with E-state index in [1.165, 1.54) is 6.26 Å². The van der Waals surface area contributed by atoms with E-state index in [4.69, 9.17) is 13.7 Å². The summed E-state index contributed by atoms with van der Waals surface area (Å²) in [6, 6.07) is 17.8. The molecule has 2 aromatic carbocycles. The number of ether oxygens (including phenoxy) is 1. The summed E-state index contributed by atoms with van der Waals surface area (Å²) in [5.41, 5.74) is 1.39. The highest BCUT2D eigenvalue weighted by molar-refractivity contribution is 9.10. The highest BCUT2D eigenvalue weighted by Gasteiger charge is 2.11. The second-order valence-electron chi connectivity index (χ2n) is 5.76. The number of hydrogen-bond acceptors (Lipinski definition) is 6. The first-order valence-corrected chi connectivity index (χ1v) is 9.13. The van der Waals surface area contributed by atoms with E-state index in [2.05, 4.69) is 31.4 Å². The molecule has 1 amide bonds. The lowest BCUT2D eigenvalue weighted by molar-refractivity contribution is 0.0996. The number of amides is 1. The van der Waals surface area contributed by atoms with Crippen molar-refractivity contribution < 1.29 is 18.5 Å². The van der Waals surface area contributed by atoms with Crippen LogP contribution in [0.2, 0.25) is 0 Å². The van der Waals surface area contributed by atoms with Gasteiger partial charge in [-0.25, -0.2) is 0 Å². The van der Waals surface area contributed by atoms with Crippen LogP contribution in [0.3, 0.4) is 0 Å². The minimum absolute atomic E-state index is 0.173. The third kappa shape index (κ3) is 4.29. The minimum Gasteiger partial charge on any atom is -0.484 e. The lowest BCUT2D eigenvalue weighted by atomic mass is 10.2. The van der Waals surface area contributed by atoms with Crippen LogP contribution in [0.1, 0.15) is 16.4 Å². The van der Waals surface area contributed by atoms with Crippen molar-refractivity contribution in [3.8, 4) is 17.1 Å². The first-order valence-electron chi connectivity index (χ1n) is 8.33. The first kappa shape index (κ1) is 18.0. The Morgan fingerprint density at radius 2 is 1.86 bits per heavy atom. The highest BCUT2D eigenvalue weighted by atomic mass is 79.9. The Kier molecular flexibility index (Phi) is 5.20. The third-order valence-corrected chi connectivity index (χ3v) is 4.32. The van der Waals surface area contributed by atoms with E-state index in [0.717, 1.165) is 10.0 Å². The van der Waals surface area contributed by atoms with Gasteiger partial charge in [-0.3, -0.25) is 4.79 Å². The fourth-order valence-electron chi connectivity index (χ4n) is 2.41. The van der Waals surface area contributed by atoms with Crippen molar-refractivity contribution in [2.24, 2.45) is 0 Å². The molecule has 7 nitrogen and oxygen atoms in total. The van der Waals surface area contributed by atoms with Crippen molar-refractivity contribution in [3.05, 3.63) is 83.1 Å². The van der Waals surface area contributed by atoms with Crippen LogP contribution in [0.5, 0.6) is 5.75 Å². The molecule has 0 radical (unpaired) electrons. The number of aromatic nitrogens is 2. The zero-order chi connectivity index (χ0) is 19.3. The quantitative estimate of drug-likeness (QED) is 0.458. The molecule has 1 N–H and O–H groups in total. The van der Waals surface area contributed by atoms with Crippen LogP contribution in [0.15, 0.2) is 80.3 Å². The third-order valence-electron chi connectivity index (χ3n) is 3.79. The van der Waals surface area contributed by atoms with E-state index in [1.807, 2.05) is 24.3 Å². The molecule has 0 spiro atoms. The van der Waals surface area contributed by atoms with Gasteiger partial charge in [0.2, 0.25) is 5.82 Å². The zero-order valence-corrected chi connectivity index (χ0v) is 16.0. The maximum Gasteiger partial charge on any atom is 0.291 e. The molecule has 0 bridgehead atoms. The van der Waals surface area contributed by atoms with Crippen LogP contribution in [0.4, 0.5) is 5.69 Å². The molecular formula is C20H14BrN3O4. The number of hydrogen-bond donors (Lipinski definition) is 1. The summed E-state index contributed by atoms with van der Waals surface area (Å²) in [6.07, 6.45) is 1.45. The summed E-state index contributed by atoms with van der Waals surface area (Å²) in [5.74, 6) is 1.45. The average molecular weight is 440 g/mol. The Morgan fingerprint density at radius 1 is 1.07 bits per heavy atom. The number of carbonyl (C=O) groups excluding carboxylic acids is 1.